The van der Waals surface area contributed by atoms with Crippen molar-refractivity contribution in [3.63, 3.8) is 0 Å². The van der Waals surface area contributed by atoms with Gasteiger partial charge in [-0.25, -0.2) is 4.79 Å². The van der Waals surface area contributed by atoms with Gasteiger partial charge in [-0.2, -0.15) is 0 Å². The molecule has 0 saturated heterocycles. The first kappa shape index (κ1) is 31.2. The molecule has 0 spiro atoms. The standard InChI is InChI=1S/C20H33N5O10/c1-9(2)6-13(20(34)35)25-17(31)10(3)23-19(33)12(4-5-15(27)28)24-14(26)8-22-18(32)11(21)7-16(29)30/h9-13H,4-8,21H2,1-3H3,(H,22,32)(H,23,33)(H,24,26)(H,25,31)(H,27,28)(H,29,30)(H,34,35)/t10-,11-,12-,13-/m0/s1. The minimum absolute atomic E-state index is 0.0314. The van der Waals surface area contributed by atoms with Gasteiger partial charge in [0.25, 0.3) is 0 Å². The summed E-state index contributed by atoms with van der Waals surface area (Å²) in [5, 5.41) is 35.7. The maximum absolute atomic E-state index is 12.6. The zero-order valence-corrected chi connectivity index (χ0v) is 19.7. The summed E-state index contributed by atoms with van der Waals surface area (Å²) in [5.74, 6) is -7.38. The van der Waals surface area contributed by atoms with Gasteiger partial charge in [0.15, 0.2) is 0 Å². The van der Waals surface area contributed by atoms with Gasteiger partial charge in [0.1, 0.15) is 18.1 Å². The highest BCUT2D eigenvalue weighted by Gasteiger charge is 2.28. The number of hydrogen-bond donors (Lipinski definition) is 8. The van der Waals surface area contributed by atoms with Gasteiger partial charge in [0, 0.05) is 6.42 Å². The Morgan fingerprint density at radius 2 is 1.37 bits per heavy atom. The summed E-state index contributed by atoms with van der Waals surface area (Å²) in [5.41, 5.74) is 5.37. The normalized spacial score (nSPS) is 14.1. The Balaban J connectivity index is 5.08. The third kappa shape index (κ3) is 13.5. The second kappa shape index (κ2) is 15.2. The number of carboxylic acids is 3. The number of hydrogen-bond acceptors (Lipinski definition) is 8. The molecular weight excluding hydrogens is 470 g/mol. The van der Waals surface area contributed by atoms with Crippen molar-refractivity contribution in [2.75, 3.05) is 6.54 Å². The van der Waals surface area contributed by atoms with E-state index >= 15 is 0 Å². The molecule has 0 fully saturated rings. The Kier molecular flexibility index (Phi) is 13.6. The van der Waals surface area contributed by atoms with Crippen LogP contribution in [0.15, 0.2) is 0 Å². The van der Waals surface area contributed by atoms with Crippen molar-refractivity contribution in [2.24, 2.45) is 11.7 Å². The molecule has 198 valence electrons. The number of nitrogens with two attached hydrogens (primary N) is 1. The molecule has 35 heavy (non-hydrogen) atoms. The minimum Gasteiger partial charge on any atom is -0.481 e. The number of nitrogens with one attached hydrogen (secondary N) is 4. The fourth-order valence-corrected chi connectivity index (χ4v) is 2.73. The lowest BCUT2D eigenvalue weighted by Gasteiger charge is -2.23. The fourth-order valence-electron chi connectivity index (χ4n) is 2.73. The van der Waals surface area contributed by atoms with Crippen LogP contribution >= 0.6 is 0 Å². The quantitative estimate of drug-likeness (QED) is 0.108. The molecule has 9 N–H and O–H groups in total. The van der Waals surface area contributed by atoms with Crippen molar-refractivity contribution in [3.05, 3.63) is 0 Å². The van der Waals surface area contributed by atoms with Gasteiger partial charge in [-0.1, -0.05) is 13.8 Å². The first-order chi connectivity index (χ1) is 16.1. The second-order valence-electron chi connectivity index (χ2n) is 8.23. The average molecular weight is 504 g/mol. The first-order valence-electron chi connectivity index (χ1n) is 10.7. The predicted molar refractivity (Wildman–Crippen MR) is 119 cm³/mol. The monoisotopic (exact) mass is 503 g/mol. The summed E-state index contributed by atoms with van der Waals surface area (Å²) >= 11 is 0. The SMILES string of the molecule is CC(C)C[C@H](NC(=O)[C@H](C)NC(=O)[C@H](CCC(=O)O)NC(=O)CNC(=O)[C@@H](N)CC(=O)O)C(=O)O. The van der Waals surface area contributed by atoms with E-state index in [-0.39, 0.29) is 18.8 Å². The predicted octanol–water partition coefficient (Wildman–Crippen LogP) is -2.63. The minimum atomic E-state index is -1.41. The lowest BCUT2D eigenvalue weighted by molar-refractivity contribution is -0.142. The highest BCUT2D eigenvalue weighted by Crippen LogP contribution is 2.06. The molecule has 0 aromatic rings. The summed E-state index contributed by atoms with van der Waals surface area (Å²) in [4.78, 5) is 81.6. The van der Waals surface area contributed by atoms with Gasteiger partial charge < -0.3 is 42.3 Å². The number of carboxylic acid groups (broad SMARTS) is 3. The van der Waals surface area contributed by atoms with Crippen LogP contribution in [0.5, 0.6) is 0 Å². The zero-order valence-electron chi connectivity index (χ0n) is 19.7. The Bertz CT molecular complexity index is 816. The van der Waals surface area contributed by atoms with E-state index in [9.17, 15) is 38.7 Å². The molecule has 4 amide bonds. The second-order valence-corrected chi connectivity index (χ2v) is 8.23. The molecule has 0 aliphatic heterocycles. The van der Waals surface area contributed by atoms with E-state index in [0.29, 0.717) is 0 Å². The van der Waals surface area contributed by atoms with E-state index in [4.69, 9.17) is 15.9 Å². The van der Waals surface area contributed by atoms with E-state index in [1.165, 1.54) is 6.92 Å². The van der Waals surface area contributed by atoms with Gasteiger partial charge in [-0.3, -0.25) is 28.8 Å². The van der Waals surface area contributed by atoms with Gasteiger partial charge in [-0.15, -0.1) is 0 Å². The number of amides is 4. The van der Waals surface area contributed by atoms with Crippen molar-refractivity contribution in [3.8, 4) is 0 Å². The number of aliphatic carboxylic acids is 3. The molecule has 15 nitrogen and oxygen atoms in total. The van der Waals surface area contributed by atoms with Gasteiger partial charge in [0.2, 0.25) is 23.6 Å². The fraction of sp³-hybridized carbons (Fsp3) is 0.650. The van der Waals surface area contributed by atoms with Gasteiger partial charge in [0.05, 0.1) is 19.0 Å². The van der Waals surface area contributed by atoms with Crippen LogP contribution in [0.2, 0.25) is 0 Å². The molecule has 0 heterocycles. The molecule has 0 aromatic heterocycles. The highest BCUT2D eigenvalue weighted by molar-refractivity contribution is 5.94. The molecular formula is C20H33N5O10. The summed E-state index contributed by atoms with van der Waals surface area (Å²) in [6, 6.07) is -5.20. The van der Waals surface area contributed by atoms with Crippen LogP contribution in [-0.4, -0.2) is 87.6 Å². The molecule has 0 radical (unpaired) electrons. The zero-order chi connectivity index (χ0) is 27.3. The van der Waals surface area contributed by atoms with Crippen molar-refractivity contribution < 1.29 is 48.9 Å². The molecule has 0 unspecified atom stereocenters. The Morgan fingerprint density at radius 3 is 1.86 bits per heavy atom. The highest BCUT2D eigenvalue weighted by atomic mass is 16.4. The van der Waals surface area contributed by atoms with E-state index in [1.807, 2.05) is 0 Å². The molecule has 4 atom stereocenters. The van der Waals surface area contributed by atoms with Crippen molar-refractivity contribution in [1.82, 2.24) is 21.3 Å². The average Bonchev–Trinajstić information content (AvgIpc) is 2.72. The first-order valence-corrected chi connectivity index (χ1v) is 10.7. The van der Waals surface area contributed by atoms with Crippen LogP contribution in [0.4, 0.5) is 0 Å². The number of rotatable bonds is 16. The van der Waals surface area contributed by atoms with Crippen LogP contribution in [-0.2, 0) is 33.6 Å². The molecule has 0 saturated carbocycles. The van der Waals surface area contributed by atoms with E-state index in [1.54, 1.807) is 13.8 Å². The maximum Gasteiger partial charge on any atom is 0.326 e. The van der Waals surface area contributed by atoms with E-state index in [0.717, 1.165) is 0 Å². The summed E-state index contributed by atoms with van der Waals surface area (Å²) in [7, 11) is 0. The lowest BCUT2D eigenvalue weighted by Crippen LogP contribution is -2.56. The molecule has 0 rings (SSSR count). The van der Waals surface area contributed by atoms with Crippen LogP contribution < -0.4 is 27.0 Å². The van der Waals surface area contributed by atoms with Crippen molar-refractivity contribution >= 4 is 41.5 Å². The van der Waals surface area contributed by atoms with Crippen LogP contribution in [0.25, 0.3) is 0 Å². The Hall–Kier alpha value is -3.75. The summed E-state index contributed by atoms with van der Waals surface area (Å²) in [6.45, 7) is 4.15. The maximum atomic E-state index is 12.6. The number of carbonyl (C=O) groups is 7. The molecule has 0 aromatic carbocycles. The third-order valence-electron chi connectivity index (χ3n) is 4.53. The van der Waals surface area contributed by atoms with E-state index in [2.05, 4.69) is 21.3 Å². The number of carbonyl (C=O) groups excluding carboxylic acids is 4. The van der Waals surface area contributed by atoms with Gasteiger partial charge >= 0.3 is 17.9 Å². The Labute approximate surface area is 201 Å². The summed E-state index contributed by atoms with van der Waals surface area (Å²) in [6.07, 6.45) is -1.37. The van der Waals surface area contributed by atoms with Crippen LogP contribution in [0.1, 0.15) is 46.5 Å². The molecule has 0 aliphatic carbocycles. The molecule has 0 aliphatic rings. The Morgan fingerprint density at radius 1 is 0.771 bits per heavy atom. The largest absolute Gasteiger partial charge is 0.481 e. The van der Waals surface area contributed by atoms with Crippen LogP contribution in [0, 0.1) is 5.92 Å². The molecule has 15 heteroatoms. The van der Waals surface area contributed by atoms with Crippen molar-refractivity contribution in [2.45, 2.75) is 70.6 Å². The van der Waals surface area contributed by atoms with E-state index < -0.39 is 85.1 Å². The smallest absolute Gasteiger partial charge is 0.326 e. The summed E-state index contributed by atoms with van der Waals surface area (Å²) < 4.78 is 0. The van der Waals surface area contributed by atoms with Crippen LogP contribution in [0.3, 0.4) is 0 Å². The van der Waals surface area contributed by atoms with Crippen molar-refractivity contribution in [1.29, 1.82) is 0 Å². The molecule has 0 bridgehead atoms. The topological polar surface area (TPSA) is 254 Å². The third-order valence-corrected chi connectivity index (χ3v) is 4.53. The lowest BCUT2D eigenvalue weighted by atomic mass is 10.0. The van der Waals surface area contributed by atoms with Gasteiger partial charge in [-0.05, 0) is 25.7 Å².